The van der Waals surface area contributed by atoms with Crippen molar-refractivity contribution in [2.45, 2.75) is 38.7 Å². The van der Waals surface area contributed by atoms with E-state index in [2.05, 4.69) is 18.8 Å². The maximum Gasteiger partial charge on any atom is 0.179 e. The third-order valence-electron chi connectivity index (χ3n) is 2.45. The number of alkyl halides is 1. The summed E-state index contributed by atoms with van der Waals surface area (Å²) in [4.78, 5) is 4.15. The van der Waals surface area contributed by atoms with E-state index in [0.717, 1.165) is 24.3 Å². The van der Waals surface area contributed by atoms with E-state index in [1.165, 1.54) is 0 Å². The van der Waals surface area contributed by atoms with Crippen molar-refractivity contribution < 1.29 is 9.47 Å². The highest BCUT2D eigenvalue weighted by atomic mass is 35.5. The fraction of sp³-hybridized carbons (Fsp3) is 0.583. The molecule has 0 aliphatic rings. The van der Waals surface area contributed by atoms with Crippen LogP contribution in [0.25, 0.3) is 0 Å². The van der Waals surface area contributed by atoms with E-state index >= 15 is 0 Å². The number of halogens is 1. The summed E-state index contributed by atoms with van der Waals surface area (Å²) in [6.07, 6.45) is 3.80. The summed E-state index contributed by atoms with van der Waals surface area (Å²) < 4.78 is 11.1. The quantitative estimate of drug-likeness (QED) is 0.718. The van der Waals surface area contributed by atoms with Crippen molar-refractivity contribution in [1.82, 2.24) is 4.98 Å². The van der Waals surface area contributed by atoms with Crippen molar-refractivity contribution in [3.05, 3.63) is 18.0 Å². The lowest BCUT2D eigenvalue weighted by Crippen LogP contribution is -2.14. The van der Waals surface area contributed by atoms with Crippen LogP contribution in [0.4, 0.5) is 0 Å². The second kappa shape index (κ2) is 6.59. The van der Waals surface area contributed by atoms with Crippen LogP contribution in [0.2, 0.25) is 0 Å². The molecule has 1 aromatic heterocycles. The molecule has 0 radical (unpaired) electrons. The zero-order valence-electron chi connectivity index (χ0n) is 10.00. The highest BCUT2D eigenvalue weighted by molar-refractivity contribution is 6.16. The van der Waals surface area contributed by atoms with Gasteiger partial charge in [0.05, 0.1) is 31.0 Å². The van der Waals surface area contributed by atoms with E-state index in [0.29, 0.717) is 11.6 Å². The highest BCUT2D eigenvalue weighted by Crippen LogP contribution is 2.28. The van der Waals surface area contributed by atoms with Crippen LogP contribution in [0, 0.1) is 0 Å². The first-order valence-electron chi connectivity index (χ1n) is 5.50. The minimum atomic E-state index is 0.208. The van der Waals surface area contributed by atoms with Crippen molar-refractivity contribution in [2.24, 2.45) is 0 Å². The number of hydrogen-bond acceptors (Lipinski definition) is 3. The summed E-state index contributed by atoms with van der Waals surface area (Å²) in [5.41, 5.74) is 0.795. The van der Waals surface area contributed by atoms with E-state index in [-0.39, 0.29) is 6.10 Å². The minimum absolute atomic E-state index is 0.208. The van der Waals surface area contributed by atoms with Crippen molar-refractivity contribution in [3.8, 4) is 11.5 Å². The van der Waals surface area contributed by atoms with Gasteiger partial charge < -0.3 is 9.47 Å². The number of methoxy groups -OCH3 is 1. The van der Waals surface area contributed by atoms with E-state index in [1.807, 2.05) is 6.07 Å². The molecule has 0 atom stereocenters. The second-order valence-electron chi connectivity index (χ2n) is 3.52. The maximum atomic E-state index is 5.85. The van der Waals surface area contributed by atoms with Crippen LogP contribution in [-0.2, 0) is 5.88 Å². The molecule has 1 aromatic rings. The molecular weight excluding hydrogens is 226 g/mol. The van der Waals surface area contributed by atoms with E-state index in [9.17, 15) is 0 Å². The Morgan fingerprint density at radius 3 is 2.50 bits per heavy atom. The Labute approximate surface area is 102 Å². The molecule has 0 N–H and O–H groups in total. The SMILES string of the molecule is CCC(CC)Oc1cc(CCl)ncc1OC. The van der Waals surface area contributed by atoms with Crippen LogP contribution in [-0.4, -0.2) is 18.2 Å². The van der Waals surface area contributed by atoms with Crippen molar-refractivity contribution in [3.63, 3.8) is 0 Å². The van der Waals surface area contributed by atoms with Gasteiger partial charge >= 0.3 is 0 Å². The first-order valence-corrected chi connectivity index (χ1v) is 6.04. The summed E-state index contributed by atoms with van der Waals surface area (Å²) in [5.74, 6) is 1.76. The largest absolute Gasteiger partial charge is 0.491 e. The molecule has 16 heavy (non-hydrogen) atoms. The van der Waals surface area contributed by atoms with Gasteiger partial charge in [-0.05, 0) is 12.8 Å². The van der Waals surface area contributed by atoms with Gasteiger partial charge in [0.15, 0.2) is 11.5 Å². The van der Waals surface area contributed by atoms with Gasteiger partial charge in [-0.1, -0.05) is 13.8 Å². The minimum Gasteiger partial charge on any atom is -0.491 e. The van der Waals surface area contributed by atoms with Crippen LogP contribution >= 0.6 is 11.6 Å². The molecule has 1 heterocycles. The van der Waals surface area contributed by atoms with Crippen LogP contribution < -0.4 is 9.47 Å². The Kier molecular flexibility index (Phi) is 5.39. The third kappa shape index (κ3) is 3.27. The van der Waals surface area contributed by atoms with E-state index < -0.39 is 0 Å². The number of nitrogens with zero attached hydrogens (tertiary/aromatic N) is 1. The fourth-order valence-corrected chi connectivity index (χ4v) is 1.56. The molecule has 1 rings (SSSR count). The molecule has 0 unspecified atom stereocenters. The summed E-state index contributed by atoms with van der Waals surface area (Å²) in [7, 11) is 1.61. The van der Waals surface area contributed by atoms with Crippen LogP contribution in [0.3, 0.4) is 0 Å². The van der Waals surface area contributed by atoms with Gasteiger partial charge in [-0.3, -0.25) is 4.98 Å². The number of aromatic nitrogens is 1. The Bertz CT molecular complexity index is 327. The monoisotopic (exact) mass is 243 g/mol. The molecule has 3 nitrogen and oxygen atoms in total. The molecule has 0 aliphatic carbocycles. The second-order valence-corrected chi connectivity index (χ2v) is 3.78. The van der Waals surface area contributed by atoms with Gasteiger partial charge in [-0.25, -0.2) is 0 Å². The van der Waals surface area contributed by atoms with Gasteiger partial charge in [-0.15, -0.1) is 11.6 Å². The van der Waals surface area contributed by atoms with Crippen molar-refractivity contribution in [1.29, 1.82) is 0 Å². The van der Waals surface area contributed by atoms with Crippen molar-refractivity contribution in [2.75, 3.05) is 7.11 Å². The van der Waals surface area contributed by atoms with Gasteiger partial charge in [0.25, 0.3) is 0 Å². The molecule has 0 saturated carbocycles. The molecule has 90 valence electrons. The zero-order valence-corrected chi connectivity index (χ0v) is 10.8. The standard InChI is InChI=1S/C12H18ClNO2/c1-4-10(5-2)16-11-6-9(7-13)14-8-12(11)15-3/h6,8,10H,4-5,7H2,1-3H3. The molecule has 0 aliphatic heterocycles. The molecular formula is C12H18ClNO2. The van der Waals surface area contributed by atoms with Crippen LogP contribution in [0.5, 0.6) is 11.5 Å². The highest BCUT2D eigenvalue weighted by Gasteiger charge is 2.11. The lowest BCUT2D eigenvalue weighted by atomic mass is 10.2. The normalized spacial score (nSPS) is 10.6. The summed E-state index contributed by atoms with van der Waals surface area (Å²) in [5, 5.41) is 0. The molecule has 0 aromatic carbocycles. The van der Waals surface area contributed by atoms with Gasteiger partial charge in [0.1, 0.15) is 0 Å². The van der Waals surface area contributed by atoms with Crippen molar-refractivity contribution >= 4 is 11.6 Å². The molecule has 0 saturated heterocycles. The Morgan fingerprint density at radius 1 is 1.31 bits per heavy atom. The third-order valence-corrected chi connectivity index (χ3v) is 2.72. The van der Waals surface area contributed by atoms with Gasteiger partial charge in [-0.2, -0.15) is 0 Å². The number of hydrogen-bond donors (Lipinski definition) is 0. The Morgan fingerprint density at radius 2 is 2.00 bits per heavy atom. The number of rotatable bonds is 6. The van der Waals surface area contributed by atoms with E-state index in [4.69, 9.17) is 21.1 Å². The topological polar surface area (TPSA) is 31.4 Å². The molecule has 0 fully saturated rings. The first-order chi connectivity index (χ1) is 7.74. The molecule has 0 spiro atoms. The summed E-state index contributed by atoms with van der Waals surface area (Å²) in [6, 6.07) is 1.84. The average molecular weight is 244 g/mol. The van der Waals surface area contributed by atoms with Crippen LogP contribution in [0.1, 0.15) is 32.4 Å². The predicted molar refractivity (Wildman–Crippen MR) is 65.3 cm³/mol. The zero-order chi connectivity index (χ0) is 12.0. The summed E-state index contributed by atoms with van der Waals surface area (Å²) >= 11 is 5.74. The van der Waals surface area contributed by atoms with Crippen LogP contribution in [0.15, 0.2) is 12.3 Å². The number of ether oxygens (including phenoxy) is 2. The van der Waals surface area contributed by atoms with Gasteiger partial charge in [0.2, 0.25) is 0 Å². The lowest BCUT2D eigenvalue weighted by Gasteiger charge is -2.17. The maximum absolute atomic E-state index is 5.85. The molecule has 4 heteroatoms. The first kappa shape index (κ1) is 13.1. The predicted octanol–water partition coefficient (Wildman–Crippen LogP) is 3.40. The van der Waals surface area contributed by atoms with E-state index in [1.54, 1.807) is 13.3 Å². The molecule has 0 bridgehead atoms. The van der Waals surface area contributed by atoms with Gasteiger partial charge in [0, 0.05) is 6.07 Å². The average Bonchev–Trinajstić information content (AvgIpc) is 2.35. The molecule has 0 amide bonds. The number of pyridine rings is 1. The Balaban J connectivity index is 2.90. The fourth-order valence-electron chi connectivity index (χ4n) is 1.42. The lowest BCUT2D eigenvalue weighted by molar-refractivity contribution is 0.184. The summed E-state index contributed by atoms with van der Waals surface area (Å²) in [6.45, 7) is 4.20. The smallest absolute Gasteiger partial charge is 0.179 e. The Hall–Kier alpha value is -0.960.